The van der Waals surface area contributed by atoms with E-state index in [2.05, 4.69) is 22.7 Å². The number of aromatic nitrogens is 2. The number of para-hydroxylation sites is 2. The lowest BCUT2D eigenvalue weighted by Crippen LogP contribution is -2.25. The van der Waals surface area contributed by atoms with Crippen LogP contribution in [0.4, 0.5) is 0 Å². The van der Waals surface area contributed by atoms with Crippen molar-refractivity contribution >= 4 is 34.0 Å². The number of thiophene rings is 1. The first kappa shape index (κ1) is 18.1. The summed E-state index contributed by atoms with van der Waals surface area (Å²) in [5.41, 5.74) is 6.46. The second-order valence-electron chi connectivity index (χ2n) is 6.47. The van der Waals surface area contributed by atoms with Crippen molar-refractivity contribution in [1.82, 2.24) is 15.0 Å². The van der Waals surface area contributed by atoms with E-state index in [0.717, 1.165) is 33.0 Å². The lowest BCUT2D eigenvalue weighted by Gasteiger charge is -2.09. The molecule has 140 valence electrons. The third kappa shape index (κ3) is 4.02. The second-order valence-corrected chi connectivity index (χ2v) is 7.42. The lowest BCUT2D eigenvalue weighted by molar-refractivity contribution is -0.121. The highest BCUT2D eigenvalue weighted by atomic mass is 32.1. The van der Waals surface area contributed by atoms with Crippen LogP contribution >= 0.6 is 11.3 Å². The number of nitrogens with one attached hydrogen (secondary N) is 1. The Morgan fingerprint density at radius 3 is 2.64 bits per heavy atom. The summed E-state index contributed by atoms with van der Waals surface area (Å²) < 4.78 is 1.97. The number of nitrogens with zero attached hydrogens (tertiary/aromatic N) is 3. The predicted molar refractivity (Wildman–Crippen MR) is 114 cm³/mol. The molecule has 0 spiro atoms. The molecule has 6 heteroatoms. The molecule has 1 N–H and O–H groups in total. The molecule has 0 fully saturated rings. The molecule has 28 heavy (non-hydrogen) atoms. The lowest BCUT2D eigenvalue weighted by atomic mass is 10.1. The fourth-order valence-corrected chi connectivity index (χ4v) is 3.76. The number of imidazole rings is 1. The Morgan fingerprint density at radius 2 is 1.86 bits per heavy atom. The van der Waals surface area contributed by atoms with Gasteiger partial charge >= 0.3 is 0 Å². The highest BCUT2D eigenvalue weighted by Crippen LogP contribution is 2.18. The van der Waals surface area contributed by atoms with Gasteiger partial charge in [0.25, 0.3) is 5.91 Å². The summed E-state index contributed by atoms with van der Waals surface area (Å²) in [6.07, 6.45) is 0.667. The molecule has 0 aliphatic heterocycles. The number of carbonyl (C=O) groups excluding carboxylic acids is 1. The van der Waals surface area contributed by atoms with Crippen molar-refractivity contribution in [2.45, 2.75) is 19.9 Å². The number of amides is 1. The minimum atomic E-state index is -0.173. The van der Waals surface area contributed by atoms with Crippen LogP contribution in [0.1, 0.15) is 23.2 Å². The molecular weight excluding hydrogens is 368 g/mol. The van der Waals surface area contributed by atoms with Crippen molar-refractivity contribution in [3.63, 3.8) is 0 Å². The average Bonchev–Trinajstić information content (AvgIpc) is 3.36. The Balaban J connectivity index is 1.57. The van der Waals surface area contributed by atoms with Crippen LogP contribution in [0.3, 0.4) is 0 Å². The molecule has 2 heterocycles. The van der Waals surface area contributed by atoms with Gasteiger partial charge in [-0.05, 0) is 36.1 Å². The number of fused-ring (bicyclic) bond motifs is 1. The Labute approximate surface area is 167 Å². The number of rotatable bonds is 6. The van der Waals surface area contributed by atoms with Crippen LogP contribution in [0.15, 0.2) is 77.2 Å². The van der Waals surface area contributed by atoms with Crippen molar-refractivity contribution in [1.29, 1.82) is 0 Å². The Hall–Kier alpha value is -3.25. The van der Waals surface area contributed by atoms with E-state index in [0.29, 0.717) is 6.42 Å². The summed E-state index contributed by atoms with van der Waals surface area (Å²) in [5.74, 6) is 0.690. The molecule has 2 aromatic heterocycles. The summed E-state index contributed by atoms with van der Waals surface area (Å²) in [7, 11) is 0. The van der Waals surface area contributed by atoms with Gasteiger partial charge in [-0.25, -0.2) is 10.4 Å². The third-order valence-corrected chi connectivity index (χ3v) is 5.45. The van der Waals surface area contributed by atoms with Gasteiger partial charge in [0.1, 0.15) is 12.4 Å². The zero-order valence-corrected chi connectivity index (χ0v) is 16.3. The summed E-state index contributed by atoms with van der Waals surface area (Å²) in [6.45, 7) is 2.06. The molecule has 0 radical (unpaired) electrons. The fourth-order valence-electron chi connectivity index (χ4n) is 3.08. The van der Waals surface area contributed by atoms with Gasteiger partial charge in [-0.2, -0.15) is 5.10 Å². The minimum Gasteiger partial charge on any atom is -0.318 e. The van der Waals surface area contributed by atoms with Crippen LogP contribution in [-0.2, 0) is 17.8 Å². The molecule has 0 saturated carbocycles. The molecule has 0 unspecified atom stereocenters. The topological polar surface area (TPSA) is 59.3 Å². The van der Waals surface area contributed by atoms with Crippen LogP contribution in [0.5, 0.6) is 0 Å². The van der Waals surface area contributed by atoms with E-state index < -0.39 is 0 Å². The number of benzene rings is 2. The van der Waals surface area contributed by atoms with Crippen LogP contribution in [0.2, 0.25) is 0 Å². The maximum absolute atomic E-state index is 12.6. The number of hydrogen-bond acceptors (Lipinski definition) is 4. The van der Waals surface area contributed by atoms with Crippen molar-refractivity contribution in [2.24, 2.45) is 5.10 Å². The molecule has 2 aromatic carbocycles. The maximum Gasteiger partial charge on any atom is 0.260 e. The van der Waals surface area contributed by atoms with Crippen molar-refractivity contribution in [3.05, 3.63) is 88.4 Å². The molecule has 1 amide bonds. The van der Waals surface area contributed by atoms with E-state index in [-0.39, 0.29) is 12.5 Å². The number of carbonyl (C=O) groups is 1. The van der Waals surface area contributed by atoms with Gasteiger partial charge in [0, 0.05) is 11.3 Å². The van der Waals surface area contributed by atoms with E-state index in [4.69, 9.17) is 4.98 Å². The maximum atomic E-state index is 12.6. The molecule has 0 atom stereocenters. The van der Waals surface area contributed by atoms with Crippen LogP contribution < -0.4 is 5.43 Å². The van der Waals surface area contributed by atoms with Crippen LogP contribution in [0, 0.1) is 0 Å². The van der Waals surface area contributed by atoms with E-state index in [1.54, 1.807) is 11.3 Å². The smallest absolute Gasteiger partial charge is 0.260 e. The first-order valence-corrected chi connectivity index (χ1v) is 9.94. The standard InChI is InChI=1S/C22H20N4OS/c1-16(20-12-7-13-28-20)24-25-22(27)15-26-19-11-6-5-10-18(19)23-21(26)14-17-8-3-2-4-9-17/h2-13H,14-15H2,1H3,(H,25,27). The van der Waals surface area contributed by atoms with Gasteiger partial charge in [-0.15, -0.1) is 11.3 Å². The fraction of sp³-hybridized carbons (Fsp3) is 0.136. The van der Waals surface area contributed by atoms with Crippen molar-refractivity contribution < 1.29 is 4.79 Å². The SMILES string of the molecule is CC(=NNC(=O)Cn1c(Cc2ccccc2)nc2ccccc21)c1cccs1. The molecule has 0 bridgehead atoms. The van der Waals surface area contributed by atoms with Gasteiger partial charge in [0.05, 0.1) is 16.7 Å². The van der Waals surface area contributed by atoms with E-state index in [1.165, 1.54) is 0 Å². The largest absolute Gasteiger partial charge is 0.318 e. The van der Waals surface area contributed by atoms with Crippen LogP contribution in [-0.4, -0.2) is 21.2 Å². The molecule has 0 saturated heterocycles. The average molecular weight is 388 g/mol. The number of hydrazone groups is 1. The van der Waals surface area contributed by atoms with E-state index in [9.17, 15) is 4.79 Å². The molecule has 5 nitrogen and oxygen atoms in total. The summed E-state index contributed by atoms with van der Waals surface area (Å²) >= 11 is 1.60. The van der Waals surface area contributed by atoms with Crippen LogP contribution in [0.25, 0.3) is 11.0 Å². The molecule has 0 aliphatic carbocycles. The highest BCUT2D eigenvalue weighted by Gasteiger charge is 2.14. The Morgan fingerprint density at radius 1 is 1.07 bits per heavy atom. The van der Waals surface area contributed by atoms with Gasteiger partial charge in [-0.3, -0.25) is 4.79 Å². The molecule has 4 aromatic rings. The molecule has 4 rings (SSSR count). The zero-order valence-electron chi connectivity index (χ0n) is 15.5. The summed E-state index contributed by atoms with van der Waals surface area (Å²) in [4.78, 5) is 18.4. The van der Waals surface area contributed by atoms with E-state index in [1.807, 2.05) is 71.5 Å². The van der Waals surface area contributed by atoms with Gasteiger partial charge in [-0.1, -0.05) is 48.5 Å². The Bertz CT molecular complexity index is 1110. The molecular formula is C22H20N4OS. The monoisotopic (exact) mass is 388 g/mol. The summed E-state index contributed by atoms with van der Waals surface area (Å²) in [6, 6.07) is 22.0. The Kier molecular flexibility index (Phi) is 5.30. The van der Waals surface area contributed by atoms with Gasteiger partial charge < -0.3 is 4.57 Å². The predicted octanol–water partition coefficient (Wildman–Crippen LogP) is 4.23. The van der Waals surface area contributed by atoms with Gasteiger partial charge in [0.15, 0.2) is 0 Å². The normalized spacial score (nSPS) is 11.7. The first-order chi connectivity index (χ1) is 13.7. The first-order valence-electron chi connectivity index (χ1n) is 9.06. The second kappa shape index (κ2) is 8.19. The van der Waals surface area contributed by atoms with Crippen molar-refractivity contribution in [2.75, 3.05) is 0 Å². The summed E-state index contributed by atoms with van der Waals surface area (Å²) in [5, 5.41) is 6.22. The molecule has 0 aliphatic rings. The number of hydrogen-bond donors (Lipinski definition) is 1. The quantitative estimate of drug-likeness (QED) is 0.397. The third-order valence-electron chi connectivity index (χ3n) is 4.47. The van der Waals surface area contributed by atoms with Gasteiger partial charge in [0.2, 0.25) is 0 Å². The highest BCUT2D eigenvalue weighted by molar-refractivity contribution is 7.12. The zero-order chi connectivity index (χ0) is 19.3. The van der Waals surface area contributed by atoms with E-state index >= 15 is 0 Å². The minimum absolute atomic E-state index is 0.171. The van der Waals surface area contributed by atoms with Crippen molar-refractivity contribution in [3.8, 4) is 0 Å².